The molecule has 0 aliphatic heterocycles. The topological polar surface area (TPSA) is 17.1 Å². The van der Waals surface area contributed by atoms with Crippen LogP contribution in [0.15, 0.2) is 12.2 Å². The molecule has 0 aromatic heterocycles. The highest BCUT2D eigenvalue weighted by Gasteiger charge is 1.88. The second kappa shape index (κ2) is 5.54. The first-order valence-electron chi connectivity index (χ1n) is 3.37. The lowest BCUT2D eigenvalue weighted by molar-refractivity contribution is -0.104. The van der Waals surface area contributed by atoms with Gasteiger partial charge in [0.05, 0.1) is 0 Å². The van der Waals surface area contributed by atoms with Crippen LogP contribution in [0, 0.1) is 5.92 Å². The normalized spacial score (nSPS) is 11.0. The van der Waals surface area contributed by atoms with Crippen molar-refractivity contribution in [2.45, 2.75) is 26.7 Å². The molecule has 0 unspecified atom stereocenters. The number of aldehydes is 1. The Morgan fingerprint density at radius 1 is 1.44 bits per heavy atom. The van der Waals surface area contributed by atoms with Crippen molar-refractivity contribution in [1.29, 1.82) is 0 Å². The van der Waals surface area contributed by atoms with Gasteiger partial charge in [0.25, 0.3) is 0 Å². The van der Waals surface area contributed by atoms with Gasteiger partial charge in [-0.1, -0.05) is 19.9 Å². The lowest BCUT2D eigenvalue weighted by Crippen LogP contribution is -1.83. The minimum absolute atomic E-state index is 0.737. The lowest BCUT2D eigenvalue weighted by atomic mass is 10.1. The van der Waals surface area contributed by atoms with Gasteiger partial charge in [-0.3, -0.25) is 4.79 Å². The van der Waals surface area contributed by atoms with Crippen molar-refractivity contribution in [3.05, 3.63) is 12.2 Å². The smallest absolute Gasteiger partial charge is 0.142 e. The van der Waals surface area contributed by atoms with E-state index in [1.165, 1.54) is 6.42 Å². The van der Waals surface area contributed by atoms with Crippen LogP contribution in [0.4, 0.5) is 0 Å². The number of carbonyl (C=O) groups excluding carboxylic acids is 1. The van der Waals surface area contributed by atoms with Gasteiger partial charge >= 0.3 is 0 Å². The zero-order valence-corrected chi connectivity index (χ0v) is 6.13. The summed E-state index contributed by atoms with van der Waals surface area (Å²) in [6.07, 6.45) is 6.48. The van der Waals surface area contributed by atoms with Crippen LogP contribution in [0.1, 0.15) is 26.7 Å². The van der Waals surface area contributed by atoms with Crippen LogP contribution in [0.2, 0.25) is 0 Å². The molecule has 52 valence electrons. The fourth-order valence-electron chi connectivity index (χ4n) is 0.581. The second-order valence-corrected chi connectivity index (χ2v) is 2.54. The quantitative estimate of drug-likeness (QED) is 0.417. The average molecular weight is 126 g/mol. The molecule has 0 atom stereocenters. The van der Waals surface area contributed by atoms with E-state index in [2.05, 4.69) is 13.8 Å². The highest BCUT2D eigenvalue weighted by Crippen LogP contribution is 2.02. The van der Waals surface area contributed by atoms with E-state index in [1.807, 2.05) is 6.08 Å². The third-order valence-electron chi connectivity index (χ3n) is 1.13. The highest BCUT2D eigenvalue weighted by molar-refractivity contribution is 5.64. The molecular formula is C8H14O. The van der Waals surface area contributed by atoms with Crippen LogP contribution in [0.3, 0.4) is 0 Å². The minimum Gasteiger partial charge on any atom is -0.299 e. The Morgan fingerprint density at radius 3 is 2.56 bits per heavy atom. The molecule has 0 spiro atoms. The van der Waals surface area contributed by atoms with E-state index >= 15 is 0 Å². The Labute approximate surface area is 56.8 Å². The largest absolute Gasteiger partial charge is 0.299 e. The van der Waals surface area contributed by atoms with Crippen LogP contribution >= 0.6 is 0 Å². The predicted molar refractivity (Wildman–Crippen MR) is 39.3 cm³/mol. The van der Waals surface area contributed by atoms with Gasteiger partial charge < -0.3 is 0 Å². The summed E-state index contributed by atoms with van der Waals surface area (Å²) in [7, 11) is 0. The van der Waals surface area contributed by atoms with Crippen molar-refractivity contribution in [3.63, 3.8) is 0 Å². The molecule has 0 N–H and O–H groups in total. The number of hydrogen-bond donors (Lipinski definition) is 0. The van der Waals surface area contributed by atoms with E-state index < -0.39 is 0 Å². The maximum atomic E-state index is 9.76. The van der Waals surface area contributed by atoms with Crippen molar-refractivity contribution < 1.29 is 4.79 Å². The third kappa shape index (κ3) is 7.41. The van der Waals surface area contributed by atoms with Gasteiger partial charge in [-0.15, -0.1) is 0 Å². The lowest BCUT2D eigenvalue weighted by Gasteiger charge is -1.97. The molecule has 0 amide bonds. The van der Waals surface area contributed by atoms with E-state index in [0.29, 0.717) is 0 Å². The minimum atomic E-state index is 0.737. The number of carbonyl (C=O) groups is 1. The molecule has 0 rings (SSSR count). The first-order valence-corrected chi connectivity index (χ1v) is 3.37. The first-order chi connectivity index (χ1) is 4.27. The van der Waals surface area contributed by atoms with Gasteiger partial charge in [0.1, 0.15) is 6.29 Å². The molecular weight excluding hydrogens is 112 g/mol. The van der Waals surface area contributed by atoms with Crippen LogP contribution in [-0.4, -0.2) is 6.29 Å². The van der Waals surface area contributed by atoms with E-state index in [0.717, 1.165) is 18.6 Å². The molecule has 0 aromatic rings. The zero-order valence-electron chi connectivity index (χ0n) is 6.13. The van der Waals surface area contributed by atoms with Crippen molar-refractivity contribution in [1.82, 2.24) is 0 Å². The summed E-state index contributed by atoms with van der Waals surface area (Å²) >= 11 is 0. The summed E-state index contributed by atoms with van der Waals surface area (Å²) in [5.41, 5.74) is 0. The fraction of sp³-hybridized carbons (Fsp3) is 0.625. The molecule has 0 fully saturated rings. The van der Waals surface area contributed by atoms with Crippen molar-refractivity contribution in [2.75, 3.05) is 0 Å². The summed E-state index contributed by atoms with van der Waals surface area (Å²) in [6.45, 7) is 4.35. The first kappa shape index (κ1) is 8.41. The molecule has 1 heteroatoms. The van der Waals surface area contributed by atoms with Crippen LogP contribution in [0.25, 0.3) is 0 Å². The SMILES string of the molecule is CC(C)CCC=CC=O. The van der Waals surface area contributed by atoms with Crippen molar-refractivity contribution in [3.8, 4) is 0 Å². The monoisotopic (exact) mass is 126 g/mol. The van der Waals surface area contributed by atoms with Gasteiger partial charge in [-0.2, -0.15) is 0 Å². The van der Waals surface area contributed by atoms with E-state index in [-0.39, 0.29) is 0 Å². The maximum Gasteiger partial charge on any atom is 0.142 e. The Kier molecular flexibility index (Phi) is 5.18. The molecule has 1 nitrogen and oxygen atoms in total. The summed E-state index contributed by atoms with van der Waals surface area (Å²) < 4.78 is 0. The molecule has 0 saturated heterocycles. The molecule has 0 aliphatic carbocycles. The third-order valence-corrected chi connectivity index (χ3v) is 1.13. The molecule has 0 heterocycles. The summed E-state index contributed by atoms with van der Waals surface area (Å²) in [6, 6.07) is 0. The maximum absolute atomic E-state index is 9.76. The standard InChI is InChI=1S/C8H14O/c1-8(2)6-4-3-5-7-9/h3,5,7-8H,4,6H2,1-2H3. The summed E-state index contributed by atoms with van der Waals surface area (Å²) in [5.74, 6) is 0.737. The van der Waals surface area contributed by atoms with Gasteiger partial charge in [-0.05, 0) is 24.8 Å². The second-order valence-electron chi connectivity index (χ2n) is 2.54. The molecule has 0 bridgehead atoms. The Bertz CT molecular complexity index is 92.7. The molecule has 0 radical (unpaired) electrons. The van der Waals surface area contributed by atoms with Gasteiger partial charge in [0.2, 0.25) is 0 Å². The summed E-state index contributed by atoms with van der Waals surface area (Å²) in [5, 5.41) is 0. The van der Waals surface area contributed by atoms with Gasteiger partial charge in [0.15, 0.2) is 0 Å². The molecule has 0 aromatic carbocycles. The molecule has 0 saturated carbocycles. The molecule has 0 aliphatic rings. The van der Waals surface area contributed by atoms with Gasteiger partial charge in [-0.25, -0.2) is 0 Å². The van der Waals surface area contributed by atoms with E-state index in [4.69, 9.17) is 0 Å². The fourth-order valence-corrected chi connectivity index (χ4v) is 0.581. The summed E-state index contributed by atoms with van der Waals surface area (Å²) in [4.78, 5) is 9.76. The highest BCUT2D eigenvalue weighted by atomic mass is 16.1. The van der Waals surface area contributed by atoms with Crippen molar-refractivity contribution in [2.24, 2.45) is 5.92 Å². The van der Waals surface area contributed by atoms with E-state index in [1.54, 1.807) is 6.08 Å². The number of allylic oxidation sites excluding steroid dienone is 2. The predicted octanol–water partition coefficient (Wildman–Crippen LogP) is 2.18. The Morgan fingerprint density at radius 2 is 2.11 bits per heavy atom. The van der Waals surface area contributed by atoms with Crippen LogP contribution < -0.4 is 0 Å². The molecule has 9 heavy (non-hydrogen) atoms. The Balaban J connectivity index is 3.08. The van der Waals surface area contributed by atoms with Crippen molar-refractivity contribution >= 4 is 6.29 Å². The Hall–Kier alpha value is -0.590. The number of rotatable bonds is 4. The van der Waals surface area contributed by atoms with Gasteiger partial charge in [0, 0.05) is 0 Å². The van der Waals surface area contributed by atoms with Crippen LogP contribution in [-0.2, 0) is 4.79 Å². The van der Waals surface area contributed by atoms with E-state index in [9.17, 15) is 4.79 Å². The number of hydrogen-bond acceptors (Lipinski definition) is 1. The average Bonchev–Trinajstić information content (AvgIpc) is 1.80. The zero-order chi connectivity index (χ0) is 7.11. The van der Waals surface area contributed by atoms with Crippen LogP contribution in [0.5, 0.6) is 0 Å².